The number of rotatable bonds is 5. The summed E-state index contributed by atoms with van der Waals surface area (Å²) >= 11 is 5.39. The summed E-state index contributed by atoms with van der Waals surface area (Å²) in [6.45, 7) is 0. The number of nitro groups is 1. The zero-order valence-corrected chi connectivity index (χ0v) is 12.8. The van der Waals surface area contributed by atoms with Crippen molar-refractivity contribution in [3.63, 3.8) is 0 Å². The third kappa shape index (κ3) is 3.32. The molecular weight excluding hydrogens is 304 g/mol. The summed E-state index contributed by atoms with van der Waals surface area (Å²) in [7, 11) is 3.10. The van der Waals surface area contributed by atoms with Gasteiger partial charge in [0.05, 0.1) is 24.7 Å². The summed E-state index contributed by atoms with van der Waals surface area (Å²) < 4.78 is 10.6. The van der Waals surface area contributed by atoms with Gasteiger partial charge in [0.25, 0.3) is 5.69 Å². The third-order valence-electron chi connectivity index (χ3n) is 2.99. The standard InChI is InChI=1S/C15H14N2O4S/c1-20-12-4-3-5-13(21-2)14(12)15(22)16-10-6-8-11(9-7-10)17(18)19/h3-9H,1-2H3,(H,16,22). The van der Waals surface area contributed by atoms with Gasteiger partial charge in [-0.1, -0.05) is 18.3 Å². The number of hydrogen-bond acceptors (Lipinski definition) is 5. The van der Waals surface area contributed by atoms with Crippen LogP contribution in [-0.2, 0) is 0 Å². The smallest absolute Gasteiger partial charge is 0.269 e. The van der Waals surface area contributed by atoms with E-state index in [1.807, 2.05) is 0 Å². The van der Waals surface area contributed by atoms with Crippen molar-refractivity contribution >= 4 is 28.6 Å². The van der Waals surface area contributed by atoms with E-state index in [-0.39, 0.29) is 5.69 Å². The number of nitro benzene ring substituents is 1. The first-order valence-electron chi connectivity index (χ1n) is 6.33. The monoisotopic (exact) mass is 318 g/mol. The average molecular weight is 318 g/mol. The van der Waals surface area contributed by atoms with E-state index >= 15 is 0 Å². The van der Waals surface area contributed by atoms with Crippen molar-refractivity contribution in [1.29, 1.82) is 0 Å². The van der Waals surface area contributed by atoms with Gasteiger partial charge in [0.1, 0.15) is 16.5 Å². The first-order valence-corrected chi connectivity index (χ1v) is 6.74. The van der Waals surface area contributed by atoms with Gasteiger partial charge in [0.15, 0.2) is 0 Å². The maximum atomic E-state index is 10.6. The molecule has 0 aliphatic heterocycles. The highest BCUT2D eigenvalue weighted by Crippen LogP contribution is 2.29. The average Bonchev–Trinajstić information content (AvgIpc) is 2.54. The molecule has 0 spiro atoms. The molecule has 114 valence electrons. The number of ether oxygens (including phenoxy) is 2. The largest absolute Gasteiger partial charge is 0.496 e. The summed E-state index contributed by atoms with van der Waals surface area (Å²) in [5.41, 5.74) is 1.29. The fourth-order valence-electron chi connectivity index (χ4n) is 1.94. The molecule has 1 N–H and O–H groups in total. The number of nitrogens with zero attached hydrogens (tertiary/aromatic N) is 1. The quantitative estimate of drug-likeness (QED) is 0.517. The minimum Gasteiger partial charge on any atom is -0.496 e. The van der Waals surface area contributed by atoms with E-state index in [0.29, 0.717) is 27.7 Å². The Bertz CT molecular complexity index is 679. The summed E-state index contributed by atoms with van der Waals surface area (Å²) in [5.74, 6) is 1.16. The van der Waals surface area contributed by atoms with Crippen molar-refractivity contribution in [2.24, 2.45) is 0 Å². The second-order valence-electron chi connectivity index (χ2n) is 4.30. The van der Waals surface area contributed by atoms with E-state index < -0.39 is 4.92 Å². The fourth-order valence-corrected chi connectivity index (χ4v) is 2.25. The van der Waals surface area contributed by atoms with Crippen LogP contribution in [0.25, 0.3) is 0 Å². The molecule has 0 radical (unpaired) electrons. The van der Waals surface area contributed by atoms with Gasteiger partial charge in [-0.05, 0) is 24.3 Å². The molecule has 0 saturated carbocycles. The van der Waals surface area contributed by atoms with Crippen LogP contribution in [0.5, 0.6) is 11.5 Å². The lowest BCUT2D eigenvalue weighted by Gasteiger charge is -2.15. The van der Waals surface area contributed by atoms with Crippen LogP contribution in [-0.4, -0.2) is 24.1 Å². The molecule has 0 bridgehead atoms. The number of anilines is 1. The van der Waals surface area contributed by atoms with Crippen LogP contribution in [0.1, 0.15) is 5.56 Å². The van der Waals surface area contributed by atoms with Gasteiger partial charge in [0.2, 0.25) is 0 Å². The van der Waals surface area contributed by atoms with Gasteiger partial charge < -0.3 is 14.8 Å². The van der Waals surface area contributed by atoms with Crippen molar-refractivity contribution < 1.29 is 14.4 Å². The Hall–Kier alpha value is -2.67. The Morgan fingerprint density at radius 3 is 2.09 bits per heavy atom. The summed E-state index contributed by atoms with van der Waals surface area (Å²) in [4.78, 5) is 10.6. The summed E-state index contributed by atoms with van der Waals surface area (Å²) in [6.07, 6.45) is 0. The van der Waals surface area contributed by atoms with E-state index in [9.17, 15) is 10.1 Å². The van der Waals surface area contributed by atoms with Gasteiger partial charge >= 0.3 is 0 Å². The Labute approximate surface area is 132 Å². The number of non-ortho nitro benzene ring substituents is 1. The van der Waals surface area contributed by atoms with Crippen LogP contribution >= 0.6 is 12.2 Å². The van der Waals surface area contributed by atoms with Crippen LogP contribution in [0.2, 0.25) is 0 Å². The molecule has 0 aromatic heterocycles. The molecule has 2 rings (SSSR count). The van der Waals surface area contributed by atoms with Gasteiger partial charge in [-0.25, -0.2) is 0 Å². The normalized spacial score (nSPS) is 9.91. The van der Waals surface area contributed by atoms with E-state index in [4.69, 9.17) is 21.7 Å². The van der Waals surface area contributed by atoms with Crippen molar-refractivity contribution in [2.45, 2.75) is 0 Å². The lowest BCUT2D eigenvalue weighted by molar-refractivity contribution is -0.384. The van der Waals surface area contributed by atoms with Crippen molar-refractivity contribution in [3.05, 3.63) is 58.1 Å². The molecule has 6 nitrogen and oxygen atoms in total. The number of thiocarbonyl (C=S) groups is 1. The molecule has 2 aromatic carbocycles. The first-order chi connectivity index (χ1) is 10.6. The molecule has 0 unspecified atom stereocenters. The van der Waals surface area contributed by atoms with Crippen LogP contribution in [0.15, 0.2) is 42.5 Å². The minimum absolute atomic E-state index is 0.0198. The molecule has 0 heterocycles. The molecule has 0 saturated heterocycles. The lowest BCUT2D eigenvalue weighted by atomic mass is 10.1. The molecule has 0 fully saturated rings. The molecular formula is C15H14N2O4S. The lowest BCUT2D eigenvalue weighted by Crippen LogP contribution is -2.13. The zero-order chi connectivity index (χ0) is 16.1. The van der Waals surface area contributed by atoms with E-state index in [1.54, 1.807) is 44.6 Å². The van der Waals surface area contributed by atoms with Crippen LogP contribution in [0, 0.1) is 10.1 Å². The molecule has 0 aliphatic rings. The Kier molecular flexibility index (Phi) is 4.90. The van der Waals surface area contributed by atoms with Crippen LogP contribution in [0.3, 0.4) is 0 Å². The molecule has 7 heteroatoms. The second-order valence-corrected chi connectivity index (χ2v) is 4.70. The van der Waals surface area contributed by atoms with Crippen molar-refractivity contribution in [1.82, 2.24) is 0 Å². The van der Waals surface area contributed by atoms with Crippen molar-refractivity contribution in [3.8, 4) is 11.5 Å². The first kappa shape index (κ1) is 15.7. The van der Waals surface area contributed by atoms with E-state index in [2.05, 4.69) is 5.32 Å². The molecule has 22 heavy (non-hydrogen) atoms. The number of nitrogens with one attached hydrogen (secondary N) is 1. The Morgan fingerprint density at radius 1 is 1.09 bits per heavy atom. The number of benzene rings is 2. The SMILES string of the molecule is COc1cccc(OC)c1C(=S)Nc1ccc([N+](=O)[O-])cc1. The van der Waals surface area contributed by atoms with Gasteiger partial charge in [-0.15, -0.1) is 0 Å². The predicted octanol–water partition coefficient (Wildman–Crippen LogP) is 3.40. The maximum Gasteiger partial charge on any atom is 0.269 e. The highest BCUT2D eigenvalue weighted by atomic mass is 32.1. The fraction of sp³-hybridized carbons (Fsp3) is 0.133. The van der Waals surface area contributed by atoms with Gasteiger partial charge in [0, 0.05) is 17.8 Å². The van der Waals surface area contributed by atoms with E-state index in [0.717, 1.165) is 0 Å². The number of methoxy groups -OCH3 is 2. The predicted molar refractivity (Wildman–Crippen MR) is 88.0 cm³/mol. The Balaban J connectivity index is 2.27. The maximum absolute atomic E-state index is 10.6. The topological polar surface area (TPSA) is 73.6 Å². The number of hydrogen-bond donors (Lipinski definition) is 1. The third-order valence-corrected chi connectivity index (χ3v) is 3.30. The highest BCUT2D eigenvalue weighted by Gasteiger charge is 2.15. The Morgan fingerprint density at radius 2 is 1.64 bits per heavy atom. The summed E-state index contributed by atoms with van der Waals surface area (Å²) in [5, 5.41) is 13.7. The minimum atomic E-state index is -0.453. The highest BCUT2D eigenvalue weighted by molar-refractivity contribution is 7.81. The molecule has 0 aliphatic carbocycles. The van der Waals surface area contributed by atoms with Crippen LogP contribution < -0.4 is 14.8 Å². The van der Waals surface area contributed by atoms with Crippen molar-refractivity contribution in [2.75, 3.05) is 19.5 Å². The van der Waals surface area contributed by atoms with Gasteiger partial charge in [-0.2, -0.15) is 0 Å². The molecule has 0 amide bonds. The molecule has 2 aromatic rings. The van der Waals surface area contributed by atoms with E-state index in [1.165, 1.54) is 12.1 Å². The van der Waals surface area contributed by atoms with Crippen LogP contribution in [0.4, 0.5) is 11.4 Å². The molecule has 0 atom stereocenters. The zero-order valence-electron chi connectivity index (χ0n) is 12.0. The van der Waals surface area contributed by atoms with Gasteiger partial charge in [-0.3, -0.25) is 10.1 Å². The second kappa shape index (κ2) is 6.86. The summed E-state index contributed by atoms with van der Waals surface area (Å²) in [6, 6.07) is 11.4.